The van der Waals surface area contributed by atoms with Crippen LogP contribution in [0, 0.1) is 0 Å². The number of thioether (sulfide) groups is 1. The molecule has 0 aromatic heterocycles. The molecule has 0 spiro atoms. The van der Waals surface area contributed by atoms with Crippen molar-refractivity contribution in [1.29, 1.82) is 0 Å². The zero-order chi connectivity index (χ0) is 21.3. The van der Waals surface area contributed by atoms with Crippen molar-refractivity contribution >= 4 is 28.9 Å². The maximum absolute atomic E-state index is 11.8. The number of rotatable bonds is 10. The van der Waals surface area contributed by atoms with E-state index in [1.165, 1.54) is 0 Å². The van der Waals surface area contributed by atoms with Crippen molar-refractivity contribution in [3.63, 3.8) is 0 Å². The topological polar surface area (TPSA) is 92.4 Å². The van der Waals surface area contributed by atoms with Gasteiger partial charge in [0.1, 0.15) is 0 Å². The van der Waals surface area contributed by atoms with Crippen molar-refractivity contribution in [2.45, 2.75) is 13.3 Å². The number of para-hydroxylation sites is 2. The number of amides is 1. The number of nitrogens with two attached hydrogens (primary N) is 1. The quantitative estimate of drug-likeness (QED) is 0.454. The van der Waals surface area contributed by atoms with Crippen LogP contribution in [0.1, 0.15) is 18.9 Å². The highest BCUT2D eigenvalue weighted by molar-refractivity contribution is 8.18. The third-order valence-electron chi connectivity index (χ3n) is 4.08. The Kier molecular flexibility index (Phi) is 7.62. The van der Waals surface area contributed by atoms with Crippen molar-refractivity contribution in [3.05, 3.63) is 52.9 Å². The molecule has 1 amide bonds. The van der Waals surface area contributed by atoms with Crippen LogP contribution >= 0.6 is 11.8 Å². The molecular formula is C22H24N2O5S. The highest BCUT2D eigenvalue weighted by Crippen LogP contribution is 2.32. The van der Waals surface area contributed by atoms with Crippen LogP contribution in [0.25, 0.3) is 6.08 Å². The van der Waals surface area contributed by atoms with Crippen molar-refractivity contribution in [1.82, 2.24) is 0 Å². The van der Waals surface area contributed by atoms with E-state index in [0.29, 0.717) is 54.1 Å². The Balaban J connectivity index is 1.56. The second-order valence-electron chi connectivity index (χ2n) is 6.21. The first-order chi connectivity index (χ1) is 14.6. The van der Waals surface area contributed by atoms with Gasteiger partial charge in [0.05, 0.1) is 31.8 Å². The van der Waals surface area contributed by atoms with E-state index in [1.807, 2.05) is 49.4 Å². The van der Waals surface area contributed by atoms with E-state index < -0.39 is 0 Å². The summed E-state index contributed by atoms with van der Waals surface area (Å²) in [7, 11) is 1.61. The molecule has 3 rings (SSSR count). The van der Waals surface area contributed by atoms with Crippen LogP contribution in [0.4, 0.5) is 0 Å². The number of hydrogen-bond acceptors (Lipinski definition) is 7. The molecule has 2 aromatic rings. The first-order valence-corrected chi connectivity index (χ1v) is 10.4. The van der Waals surface area contributed by atoms with Gasteiger partial charge >= 0.3 is 0 Å². The molecule has 0 radical (unpaired) electrons. The molecule has 1 aliphatic rings. The number of amidine groups is 1. The van der Waals surface area contributed by atoms with Crippen molar-refractivity contribution < 1.29 is 23.7 Å². The zero-order valence-electron chi connectivity index (χ0n) is 16.9. The van der Waals surface area contributed by atoms with Crippen molar-refractivity contribution in [2.24, 2.45) is 10.7 Å². The predicted octanol–water partition coefficient (Wildman–Crippen LogP) is 3.87. The van der Waals surface area contributed by atoms with Gasteiger partial charge in [0.2, 0.25) is 0 Å². The van der Waals surface area contributed by atoms with E-state index in [9.17, 15) is 4.79 Å². The molecular weight excluding hydrogens is 404 g/mol. The van der Waals surface area contributed by atoms with Gasteiger partial charge in [-0.15, -0.1) is 0 Å². The molecule has 0 saturated heterocycles. The molecule has 1 heterocycles. The Morgan fingerprint density at radius 1 is 1.00 bits per heavy atom. The van der Waals surface area contributed by atoms with Crippen LogP contribution in [-0.4, -0.2) is 38.0 Å². The summed E-state index contributed by atoms with van der Waals surface area (Å²) in [5.74, 6) is 2.33. The Morgan fingerprint density at radius 2 is 1.70 bits per heavy atom. The summed E-state index contributed by atoms with van der Waals surface area (Å²) in [6.07, 6.45) is 2.43. The molecule has 2 aromatic carbocycles. The SMILES string of the molecule is CCOc1cc(/C=C2/SC(N)=NC2=O)ccc1OCCCOc1ccccc1OC. The van der Waals surface area contributed by atoms with Crippen LogP contribution in [0.15, 0.2) is 52.4 Å². The third kappa shape index (κ3) is 5.70. The summed E-state index contributed by atoms with van der Waals surface area (Å²) in [5, 5.41) is 0.256. The van der Waals surface area contributed by atoms with Gasteiger partial charge in [-0.2, -0.15) is 4.99 Å². The lowest BCUT2D eigenvalue weighted by Gasteiger charge is -2.13. The number of nitrogens with zero attached hydrogens (tertiary/aromatic N) is 1. The molecule has 0 aliphatic carbocycles. The van der Waals surface area contributed by atoms with Crippen LogP contribution in [0.5, 0.6) is 23.0 Å². The first kappa shape index (κ1) is 21.6. The lowest BCUT2D eigenvalue weighted by Crippen LogP contribution is -2.06. The highest BCUT2D eigenvalue weighted by atomic mass is 32.2. The summed E-state index contributed by atoms with van der Waals surface area (Å²) in [4.78, 5) is 16.0. The minimum absolute atomic E-state index is 0.256. The van der Waals surface area contributed by atoms with E-state index >= 15 is 0 Å². The van der Waals surface area contributed by atoms with Crippen LogP contribution in [-0.2, 0) is 4.79 Å². The second kappa shape index (κ2) is 10.6. The lowest BCUT2D eigenvalue weighted by molar-refractivity contribution is -0.113. The number of ether oxygens (including phenoxy) is 4. The molecule has 0 unspecified atom stereocenters. The molecule has 7 nitrogen and oxygen atoms in total. The smallest absolute Gasteiger partial charge is 0.286 e. The Labute approximate surface area is 179 Å². The molecule has 158 valence electrons. The number of carbonyl (C=O) groups excluding carboxylic acids is 1. The Morgan fingerprint density at radius 3 is 2.33 bits per heavy atom. The van der Waals surface area contributed by atoms with Gasteiger partial charge in [-0.05, 0) is 54.6 Å². The fourth-order valence-corrected chi connectivity index (χ4v) is 3.42. The normalized spacial score (nSPS) is 14.5. The van der Waals surface area contributed by atoms with Crippen LogP contribution in [0.3, 0.4) is 0 Å². The predicted molar refractivity (Wildman–Crippen MR) is 118 cm³/mol. The summed E-state index contributed by atoms with van der Waals surface area (Å²) < 4.78 is 22.6. The lowest BCUT2D eigenvalue weighted by atomic mass is 10.2. The molecule has 0 atom stereocenters. The molecule has 2 N–H and O–H groups in total. The van der Waals surface area contributed by atoms with E-state index in [0.717, 1.165) is 17.3 Å². The number of hydrogen-bond donors (Lipinski definition) is 1. The average molecular weight is 429 g/mol. The van der Waals surface area contributed by atoms with Gasteiger partial charge in [-0.1, -0.05) is 18.2 Å². The van der Waals surface area contributed by atoms with Crippen LogP contribution < -0.4 is 24.7 Å². The molecule has 1 aliphatic heterocycles. The zero-order valence-corrected chi connectivity index (χ0v) is 17.7. The standard InChI is InChI=1S/C22H24N2O5S/c1-3-27-19-13-15(14-20-21(25)24-22(23)30-20)9-10-18(19)29-12-6-11-28-17-8-5-4-7-16(17)26-2/h4-5,7-10,13-14H,3,6,11-12H2,1-2H3,(H2,23,24,25)/b20-14+. The minimum Gasteiger partial charge on any atom is -0.493 e. The Bertz CT molecular complexity index is 958. The van der Waals surface area contributed by atoms with Crippen LogP contribution in [0.2, 0.25) is 0 Å². The maximum atomic E-state index is 11.8. The van der Waals surface area contributed by atoms with Gasteiger partial charge in [-0.3, -0.25) is 4.79 Å². The molecule has 0 saturated carbocycles. The van der Waals surface area contributed by atoms with Gasteiger partial charge < -0.3 is 24.7 Å². The fraction of sp³-hybridized carbons (Fsp3) is 0.273. The van der Waals surface area contributed by atoms with E-state index in [4.69, 9.17) is 24.7 Å². The molecule has 0 fully saturated rings. The van der Waals surface area contributed by atoms with E-state index in [2.05, 4.69) is 4.99 Å². The van der Waals surface area contributed by atoms with Gasteiger partial charge in [0.15, 0.2) is 28.2 Å². The fourth-order valence-electron chi connectivity index (χ4n) is 2.74. The first-order valence-electron chi connectivity index (χ1n) is 9.54. The minimum atomic E-state index is -0.328. The molecule has 8 heteroatoms. The number of aliphatic imine (C=N–C) groups is 1. The van der Waals surface area contributed by atoms with Crippen molar-refractivity contribution in [3.8, 4) is 23.0 Å². The van der Waals surface area contributed by atoms with Gasteiger partial charge in [0, 0.05) is 6.42 Å². The largest absolute Gasteiger partial charge is 0.493 e. The van der Waals surface area contributed by atoms with E-state index in [-0.39, 0.29) is 11.1 Å². The summed E-state index contributed by atoms with van der Waals surface area (Å²) >= 11 is 1.16. The van der Waals surface area contributed by atoms with E-state index in [1.54, 1.807) is 13.2 Å². The highest BCUT2D eigenvalue weighted by Gasteiger charge is 2.19. The summed E-state index contributed by atoms with van der Waals surface area (Å²) in [6.45, 7) is 3.36. The number of benzene rings is 2. The number of carbonyl (C=O) groups is 1. The Hall–Kier alpha value is -3.13. The number of methoxy groups -OCH3 is 1. The molecule has 0 bridgehead atoms. The second-order valence-corrected chi connectivity index (χ2v) is 7.27. The maximum Gasteiger partial charge on any atom is 0.286 e. The summed E-state index contributed by atoms with van der Waals surface area (Å²) in [6, 6.07) is 13.0. The monoisotopic (exact) mass is 428 g/mol. The van der Waals surface area contributed by atoms with Gasteiger partial charge in [-0.25, -0.2) is 0 Å². The average Bonchev–Trinajstić information content (AvgIpc) is 3.06. The third-order valence-corrected chi connectivity index (χ3v) is 4.89. The van der Waals surface area contributed by atoms with Crippen molar-refractivity contribution in [2.75, 3.05) is 26.9 Å². The molecule has 30 heavy (non-hydrogen) atoms. The van der Waals surface area contributed by atoms with Gasteiger partial charge in [0.25, 0.3) is 5.91 Å². The summed E-state index contributed by atoms with van der Waals surface area (Å²) in [5.41, 5.74) is 6.40.